The van der Waals surface area contributed by atoms with E-state index in [-0.39, 0.29) is 46.1 Å². The maximum Gasteiger partial charge on any atom is 0.426 e. The summed E-state index contributed by atoms with van der Waals surface area (Å²) in [6.07, 6.45) is -29.9. The van der Waals surface area contributed by atoms with Crippen molar-refractivity contribution in [2.24, 2.45) is 40.9 Å². The molecule has 60 heteroatoms. The molecule has 0 aromatic heterocycles. The zero-order chi connectivity index (χ0) is 109. The lowest BCUT2D eigenvalue weighted by Gasteiger charge is -2.55. The van der Waals surface area contributed by atoms with Crippen LogP contribution in [0.5, 0.6) is 28.7 Å². The average Bonchev–Trinajstić information content (AvgIpc) is 0.835. The van der Waals surface area contributed by atoms with Crippen LogP contribution in [0.3, 0.4) is 0 Å². The Bertz CT molecular complexity index is 6290. The molecule has 6 aliphatic carbocycles. The van der Waals surface area contributed by atoms with Crippen LogP contribution in [-0.4, -0.2) is 215 Å². The zero-order valence-electron chi connectivity index (χ0n) is 73.9. The Hall–Kier alpha value is -7.83. The van der Waals surface area contributed by atoms with Crippen LogP contribution in [-0.2, 0) is 93.5 Å². The molecule has 5 atom stereocenters. The molecule has 0 amide bonds. The Morgan fingerprint density at radius 2 is 0.552 bits per heavy atom. The van der Waals surface area contributed by atoms with E-state index in [2.05, 4.69) is 23.7 Å². The van der Waals surface area contributed by atoms with E-state index in [1.165, 1.54) is 86.6 Å². The highest BCUT2D eigenvalue weighted by atomic mass is 127. The summed E-state index contributed by atoms with van der Waals surface area (Å²) >= 11 is 9.25. The molecule has 145 heavy (non-hydrogen) atoms. The Morgan fingerprint density at radius 3 is 0.786 bits per heavy atom. The van der Waals surface area contributed by atoms with Crippen molar-refractivity contribution in [3.05, 3.63) is 173 Å². The largest absolute Gasteiger partial charge is 0.748 e. The maximum atomic E-state index is 13.2. The van der Waals surface area contributed by atoms with Crippen molar-refractivity contribution in [3.8, 4) is 28.7 Å². The Morgan fingerprint density at radius 1 is 0.324 bits per heavy atom. The number of carbonyl (C=O) groups excluding carboxylic acids is 10. The van der Waals surface area contributed by atoms with Crippen LogP contribution in [0, 0.1) is 58.8 Å². The van der Waals surface area contributed by atoms with Crippen LogP contribution >= 0.6 is 113 Å². The van der Waals surface area contributed by atoms with E-state index < -0.39 is 240 Å². The van der Waals surface area contributed by atoms with Crippen LogP contribution in [0.4, 0.5) is 65.9 Å². The molecule has 0 saturated heterocycles. The number of esters is 10. The van der Waals surface area contributed by atoms with Crippen molar-refractivity contribution in [1.82, 2.24) is 0 Å². The van der Waals surface area contributed by atoms with Crippen molar-refractivity contribution in [1.29, 1.82) is 0 Å². The molecule has 0 aliphatic heterocycles. The summed E-state index contributed by atoms with van der Waals surface area (Å²) in [6.45, 7) is 3.01. The van der Waals surface area contributed by atoms with Gasteiger partial charge in [0, 0.05) is 17.9 Å². The van der Waals surface area contributed by atoms with E-state index in [1.807, 2.05) is 113 Å². The molecule has 6 aliphatic rings. The van der Waals surface area contributed by atoms with Gasteiger partial charge in [-0.1, -0.05) is 64.2 Å². The number of carbonyl (C=O) groups is 10. The second-order valence-corrected chi connectivity index (χ2v) is 46.6. The lowest BCUT2D eigenvalue weighted by atomic mass is 9.49. The second-order valence-electron chi connectivity index (χ2n) is 33.1. The molecule has 6 saturated carbocycles. The van der Waals surface area contributed by atoms with Gasteiger partial charge in [-0.05, 0) is 298 Å². The predicted octanol–water partition coefficient (Wildman–Crippen LogP) is 16.1. The van der Waals surface area contributed by atoms with Gasteiger partial charge in [-0.2, -0.15) is 65.9 Å². The molecule has 6 aromatic rings. The molecule has 6 aromatic carbocycles. The highest BCUT2D eigenvalue weighted by molar-refractivity contribution is 14.1. The van der Waals surface area contributed by atoms with E-state index in [0.717, 1.165) is 81.7 Å². The van der Waals surface area contributed by atoms with Gasteiger partial charge in [0.1, 0.15) is 56.6 Å². The van der Waals surface area contributed by atoms with Gasteiger partial charge >= 0.3 is 90.6 Å². The Labute approximate surface area is 883 Å². The lowest BCUT2D eigenvalue weighted by molar-refractivity contribution is -0.197. The van der Waals surface area contributed by atoms with Gasteiger partial charge in [-0.25, -0.2) is 70.9 Å². The van der Waals surface area contributed by atoms with Crippen molar-refractivity contribution in [2.75, 3.05) is 28.8 Å². The third-order valence-corrected chi connectivity index (χ3v) is 28.2. The van der Waals surface area contributed by atoms with Gasteiger partial charge < -0.3 is 70.1 Å². The monoisotopic (exact) mass is 2740 g/mol. The van der Waals surface area contributed by atoms with E-state index in [1.54, 1.807) is 18.2 Å². The van der Waals surface area contributed by atoms with Gasteiger partial charge in [-0.3, -0.25) is 19.2 Å². The zero-order valence-corrected chi connectivity index (χ0v) is 88.8. The number of rotatable bonds is 30. The minimum atomic E-state index is -5.34. The Balaban J connectivity index is 0.000000246. The first-order valence-electron chi connectivity index (χ1n) is 41.7. The van der Waals surface area contributed by atoms with Crippen molar-refractivity contribution in [3.63, 3.8) is 0 Å². The molecule has 12 rings (SSSR count). The highest BCUT2D eigenvalue weighted by Crippen LogP contribution is 2.61. The summed E-state index contributed by atoms with van der Waals surface area (Å²) in [5, 5.41) is 0. The van der Waals surface area contributed by atoms with Crippen LogP contribution in [0.1, 0.15) is 172 Å². The average molecular weight is 2740 g/mol. The van der Waals surface area contributed by atoms with Gasteiger partial charge in [0.2, 0.25) is 30.5 Å². The van der Waals surface area contributed by atoms with E-state index >= 15 is 0 Å². The van der Waals surface area contributed by atoms with Crippen molar-refractivity contribution >= 4 is 223 Å². The molecule has 4 bridgehead atoms. The fraction of sp³-hybridized carbons (Fsp3) is 0.459. The summed E-state index contributed by atoms with van der Waals surface area (Å²) in [5.74, 6) is -22.5. The normalized spacial score (nSPS) is 18.3. The van der Waals surface area contributed by atoms with Gasteiger partial charge in [0.05, 0.1) is 108 Å². The van der Waals surface area contributed by atoms with Crippen LogP contribution in [0.25, 0.3) is 0 Å². The topological polar surface area (TPSA) is 549 Å². The molecule has 802 valence electrons. The maximum absolute atomic E-state index is 13.2. The molecule has 0 spiro atoms. The molecule has 6 fully saturated rings. The summed E-state index contributed by atoms with van der Waals surface area (Å²) < 4.78 is 405. The minimum absolute atomic E-state index is 0.122. The SMILES string of the molecule is CC(C)C(=O)Oc1cc(I)ccc1C(=O)OC(CS(=O)(=O)[O-])C(F)(F)F.O=C(OC(CS(=O)(=O)[O-])C(F)(F)F)c1ccc(I)cc1OC(=O)C12CC3CC(CC(C3)C1)C2.O=C(OC(CS(=O)(=O)[O-])C(F)(F)F)c1ccc(I)cc1OC(=O)C1CCCC1.O=C(OC(CS(=O)(=O)[O-])C(F)(F)F)c1ccc(I)cc1OC(=O)C1CCCCC1.O=C(Oc1cc(I)ccc1C(=O)OC(CS(=O)(=O)[O-])C(F)(F)F)c1ccccc1. The smallest absolute Gasteiger partial charge is 0.426 e. The van der Waals surface area contributed by atoms with Crippen molar-refractivity contribution in [2.45, 2.75) is 172 Å². The van der Waals surface area contributed by atoms with E-state index in [4.69, 9.17) is 23.7 Å². The fourth-order valence-corrected chi connectivity index (χ4v) is 20.5. The summed E-state index contributed by atoms with van der Waals surface area (Å²) in [6, 6.07) is 26.2. The second kappa shape index (κ2) is 51.8. The first-order valence-corrected chi connectivity index (χ1v) is 55.0. The van der Waals surface area contributed by atoms with Gasteiger partial charge in [-0.15, -0.1) is 0 Å². The molecular weight excluding hydrogens is 2660 g/mol. The molecule has 0 heterocycles. The quantitative estimate of drug-likeness (QED) is 0.0101. The van der Waals surface area contributed by atoms with Gasteiger partial charge in [0.25, 0.3) is 0 Å². The lowest BCUT2D eigenvalue weighted by Crippen LogP contribution is -2.51. The molecule has 5 unspecified atom stereocenters. The fourth-order valence-electron chi connectivity index (χ4n) is 15.0. The van der Waals surface area contributed by atoms with Crippen LogP contribution < -0.4 is 23.7 Å². The standard InChI is InChI=1S/C21H22F3IO7S.C17H18F3IO7S.C17H12F3IO7S.C16H16F3IO7S.C14H14F3IO7S/c22-21(23,24)17(10-33(28,29)30)32-18(26)15-2-1-14(25)6-16(15)31-19(27)20-7-11-3-12(8-20)5-13(4-11)9-20;2*18-17(19,20)14(9-29(24,25)26)28-16(23)12-7-6-11(21)8-13(12)27-15(22)10-4-2-1-3-5-10;17-16(18,19)13(8-28(23,24)25)27-15(22)11-6-5-10(20)7-12(11)26-14(21)9-3-1-2-4-9;1-7(2)12(19)24-10-5-8(18)3-4-9(10)13(20)25-11(14(15,16)17)6-26(21,22)23/h1-2,6,11-13,17H,3-5,7-10H2,(H,28,29,30);6-8,10,14H,1-5,9H2,(H,24,25,26);1-8,14H,9H2,(H,24,25,26);5-7,9,13H,1-4,8H2,(H,23,24,25);3-5,7,11H,6H2,1-2H3,(H,21,22,23)/p-5. The molecule has 0 N–H and O–H groups in total. The molecule has 35 nitrogen and oxygen atoms in total. The summed E-state index contributed by atoms with van der Waals surface area (Å²) in [4.78, 5) is 123. The number of alkyl halides is 15. The van der Waals surface area contributed by atoms with Crippen molar-refractivity contribution < 1.29 is 226 Å². The minimum Gasteiger partial charge on any atom is -0.748 e. The molecule has 0 radical (unpaired) electrons. The Kier molecular flexibility index (Phi) is 44.3. The van der Waals surface area contributed by atoms with Gasteiger partial charge in [0.15, 0.2) is 0 Å². The summed E-state index contributed by atoms with van der Waals surface area (Å²) in [5.41, 5.74) is -3.02. The third-order valence-electron chi connectivity index (χ3n) is 21.3. The first-order chi connectivity index (χ1) is 66.5. The molecular formula is C85H77F15I5O35S5-5. The number of hydrogen-bond donors (Lipinski definition) is 0. The van der Waals surface area contributed by atoms with E-state index in [9.17, 15) is 179 Å². The number of halogens is 20. The highest BCUT2D eigenvalue weighted by Gasteiger charge is 2.57. The predicted molar refractivity (Wildman–Crippen MR) is 503 cm³/mol. The first kappa shape index (κ1) is 124. The summed E-state index contributed by atoms with van der Waals surface area (Å²) in [7, 11) is -26.6. The van der Waals surface area contributed by atoms with E-state index in [0.29, 0.717) is 80.6 Å². The number of benzene rings is 6. The third kappa shape index (κ3) is 41.1. The number of ether oxygens (including phenoxy) is 10. The number of hydrogen-bond acceptors (Lipinski definition) is 35. The van der Waals surface area contributed by atoms with Crippen LogP contribution in [0.2, 0.25) is 0 Å². The van der Waals surface area contributed by atoms with Crippen LogP contribution in [0.15, 0.2) is 121 Å².